The molecule has 0 unspecified atom stereocenters. The third-order valence-electron chi connectivity index (χ3n) is 2.76. The van der Waals surface area contributed by atoms with E-state index in [2.05, 4.69) is 30.9 Å². The second kappa shape index (κ2) is 4.51. The van der Waals surface area contributed by atoms with Gasteiger partial charge in [0.25, 0.3) is 0 Å². The number of imidazole rings is 1. The summed E-state index contributed by atoms with van der Waals surface area (Å²) < 4.78 is 0.933. The summed E-state index contributed by atoms with van der Waals surface area (Å²) in [5, 5.41) is 0. The van der Waals surface area contributed by atoms with Crippen molar-refractivity contribution in [3.63, 3.8) is 0 Å². The van der Waals surface area contributed by atoms with Crippen molar-refractivity contribution in [1.82, 2.24) is 15.0 Å². The Morgan fingerprint density at radius 2 is 2.11 bits per heavy atom. The maximum atomic E-state index is 5.63. The number of hydrogen-bond acceptors (Lipinski definition) is 3. The molecule has 90 valence electrons. The number of nitrogens with zero attached hydrogens (tertiary/aromatic N) is 2. The molecule has 18 heavy (non-hydrogen) atoms. The first kappa shape index (κ1) is 11.4. The van der Waals surface area contributed by atoms with Crippen LogP contribution in [-0.2, 0) is 6.54 Å². The van der Waals surface area contributed by atoms with Crippen LogP contribution in [0.4, 0.5) is 0 Å². The maximum absolute atomic E-state index is 5.63. The third-order valence-corrected chi connectivity index (χ3v) is 3.19. The van der Waals surface area contributed by atoms with Crippen LogP contribution in [-0.4, -0.2) is 15.0 Å². The van der Waals surface area contributed by atoms with Crippen molar-refractivity contribution in [2.45, 2.75) is 6.54 Å². The average Bonchev–Trinajstić information content (AvgIpc) is 2.81. The fourth-order valence-corrected chi connectivity index (χ4v) is 2.23. The highest BCUT2D eigenvalue weighted by atomic mass is 79.9. The van der Waals surface area contributed by atoms with E-state index in [9.17, 15) is 0 Å². The van der Waals surface area contributed by atoms with Crippen LogP contribution in [0.2, 0.25) is 0 Å². The van der Waals surface area contributed by atoms with Crippen molar-refractivity contribution in [2.24, 2.45) is 5.73 Å². The molecule has 0 spiro atoms. The molecule has 3 N–H and O–H groups in total. The van der Waals surface area contributed by atoms with E-state index >= 15 is 0 Å². The Kier molecular flexibility index (Phi) is 2.85. The summed E-state index contributed by atoms with van der Waals surface area (Å²) >= 11 is 3.41. The molecule has 0 atom stereocenters. The molecule has 3 aromatic rings. The molecule has 0 amide bonds. The van der Waals surface area contributed by atoms with Crippen LogP contribution in [0.5, 0.6) is 0 Å². The van der Waals surface area contributed by atoms with Crippen molar-refractivity contribution >= 4 is 27.0 Å². The van der Waals surface area contributed by atoms with Gasteiger partial charge in [0.05, 0.1) is 11.0 Å². The first-order valence-electron chi connectivity index (χ1n) is 5.56. The smallest absolute Gasteiger partial charge is 0.140 e. The van der Waals surface area contributed by atoms with Gasteiger partial charge >= 0.3 is 0 Å². The molecule has 2 heterocycles. The molecule has 0 radical (unpaired) electrons. The van der Waals surface area contributed by atoms with E-state index in [-0.39, 0.29) is 0 Å². The summed E-state index contributed by atoms with van der Waals surface area (Å²) in [7, 11) is 0. The normalized spacial score (nSPS) is 11.0. The van der Waals surface area contributed by atoms with Gasteiger partial charge < -0.3 is 10.7 Å². The topological polar surface area (TPSA) is 67.6 Å². The summed E-state index contributed by atoms with van der Waals surface area (Å²) in [6.07, 6.45) is 3.53. The Bertz CT molecular complexity index is 705. The Balaban J connectivity index is 2.13. The molecule has 1 aromatic carbocycles. The molecule has 0 saturated heterocycles. The molecule has 5 heteroatoms. The van der Waals surface area contributed by atoms with Crippen LogP contribution < -0.4 is 5.73 Å². The largest absolute Gasteiger partial charge is 0.338 e. The predicted molar refractivity (Wildman–Crippen MR) is 74.9 cm³/mol. The highest BCUT2D eigenvalue weighted by molar-refractivity contribution is 9.10. The lowest BCUT2D eigenvalue weighted by Gasteiger charge is -1.95. The van der Waals surface area contributed by atoms with Gasteiger partial charge in [-0.15, -0.1) is 0 Å². The van der Waals surface area contributed by atoms with Crippen molar-refractivity contribution in [1.29, 1.82) is 0 Å². The van der Waals surface area contributed by atoms with E-state index in [1.54, 1.807) is 12.4 Å². The van der Waals surface area contributed by atoms with Crippen LogP contribution in [0.25, 0.3) is 22.4 Å². The van der Waals surface area contributed by atoms with Crippen LogP contribution in [0.1, 0.15) is 5.56 Å². The third kappa shape index (κ3) is 2.02. The fraction of sp³-hybridized carbons (Fsp3) is 0.0769. The van der Waals surface area contributed by atoms with Crippen LogP contribution in [0, 0.1) is 0 Å². The Hall–Kier alpha value is -1.72. The standard InChI is InChI=1S/C13H11BrN4/c14-10-4-9(6-16-7-10)13-17-11-2-1-8(5-15)3-12(11)18-13/h1-4,6-7H,5,15H2,(H,17,18). The number of aromatic nitrogens is 3. The van der Waals surface area contributed by atoms with Crippen molar-refractivity contribution < 1.29 is 0 Å². The fourth-order valence-electron chi connectivity index (χ4n) is 1.86. The Labute approximate surface area is 112 Å². The van der Waals surface area contributed by atoms with Crippen molar-refractivity contribution in [2.75, 3.05) is 0 Å². The number of hydrogen-bond donors (Lipinski definition) is 2. The van der Waals surface area contributed by atoms with E-state index in [4.69, 9.17) is 5.73 Å². The van der Waals surface area contributed by atoms with Gasteiger partial charge in [-0.2, -0.15) is 0 Å². The van der Waals surface area contributed by atoms with E-state index in [1.165, 1.54) is 0 Å². The second-order valence-electron chi connectivity index (χ2n) is 4.03. The quantitative estimate of drug-likeness (QED) is 0.765. The number of pyridine rings is 1. The average molecular weight is 303 g/mol. The maximum Gasteiger partial charge on any atom is 0.140 e. The second-order valence-corrected chi connectivity index (χ2v) is 4.95. The number of H-pyrrole nitrogens is 1. The zero-order chi connectivity index (χ0) is 12.5. The van der Waals surface area contributed by atoms with Crippen molar-refractivity contribution in [3.8, 4) is 11.4 Å². The molecular formula is C13H11BrN4. The first-order valence-corrected chi connectivity index (χ1v) is 6.35. The lowest BCUT2D eigenvalue weighted by Crippen LogP contribution is -1.95. The number of nitrogens with two attached hydrogens (primary N) is 1. The predicted octanol–water partition coefficient (Wildman–Crippen LogP) is 2.85. The lowest BCUT2D eigenvalue weighted by atomic mass is 10.2. The Morgan fingerprint density at radius 1 is 1.22 bits per heavy atom. The lowest BCUT2D eigenvalue weighted by molar-refractivity contribution is 1.07. The van der Waals surface area contributed by atoms with Gasteiger partial charge in [0, 0.05) is 29.0 Å². The van der Waals surface area contributed by atoms with Crippen LogP contribution >= 0.6 is 15.9 Å². The van der Waals surface area contributed by atoms with E-state index in [0.29, 0.717) is 6.54 Å². The molecular weight excluding hydrogens is 292 g/mol. The molecule has 0 fully saturated rings. The molecule has 3 rings (SSSR count). The summed E-state index contributed by atoms with van der Waals surface area (Å²) in [5.41, 5.74) is 9.60. The molecule has 0 bridgehead atoms. The van der Waals surface area contributed by atoms with Gasteiger partial charge in [-0.25, -0.2) is 4.98 Å². The van der Waals surface area contributed by atoms with Crippen LogP contribution in [0.3, 0.4) is 0 Å². The molecule has 0 aliphatic heterocycles. The van der Waals surface area contributed by atoms with Gasteiger partial charge in [0.15, 0.2) is 0 Å². The zero-order valence-corrected chi connectivity index (χ0v) is 11.1. The monoisotopic (exact) mass is 302 g/mol. The SMILES string of the molecule is NCc1ccc2nc(-c3cncc(Br)c3)[nH]c2c1. The summed E-state index contributed by atoms with van der Waals surface area (Å²) in [6.45, 7) is 0.530. The van der Waals surface area contributed by atoms with Gasteiger partial charge in [-0.1, -0.05) is 6.07 Å². The van der Waals surface area contributed by atoms with Crippen molar-refractivity contribution in [3.05, 3.63) is 46.7 Å². The zero-order valence-electron chi connectivity index (χ0n) is 9.52. The van der Waals surface area contributed by atoms with Gasteiger partial charge in [-0.05, 0) is 39.7 Å². The summed E-state index contributed by atoms with van der Waals surface area (Å²) in [5.74, 6) is 0.813. The molecule has 0 saturated carbocycles. The number of aromatic amines is 1. The number of fused-ring (bicyclic) bond motifs is 1. The van der Waals surface area contributed by atoms with E-state index in [0.717, 1.165) is 32.5 Å². The van der Waals surface area contributed by atoms with Gasteiger partial charge in [-0.3, -0.25) is 4.98 Å². The molecule has 0 aliphatic rings. The minimum absolute atomic E-state index is 0.530. The van der Waals surface area contributed by atoms with Crippen LogP contribution in [0.15, 0.2) is 41.1 Å². The number of rotatable bonds is 2. The molecule has 2 aromatic heterocycles. The molecule has 0 aliphatic carbocycles. The number of benzene rings is 1. The first-order chi connectivity index (χ1) is 8.76. The van der Waals surface area contributed by atoms with E-state index in [1.807, 2.05) is 24.3 Å². The molecule has 4 nitrogen and oxygen atoms in total. The van der Waals surface area contributed by atoms with Gasteiger partial charge in [0.1, 0.15) is 5.82 Å². The summed E-state index contributed by atoms with van der Waals surface area (Å²) in [6, 6.07) is 7.97. The minimum atomic E-state index is 0.530. The number of nitrogens with one attached hydrogen (secondary N) is 1. The highest BCUT2D eigenvalue weighted by Crippen LogP contribution is 2.22. The highest BCUT2D eigenvalue weighted by Gasteiger charge is 2.06. The minimum Gasteiger partial charge on any atom is -0.338 e. The van der Waals surface area contributed by atoms with Gasteiger partial charge in [0.2, 0.25) is 0 Å². The number of halogens is 1. The Morgan fingerprint density at radius 3 is 2.89 bits per heavy atom. The summed E-state index contributed by atoms with van der Waals surface area (Å²) in [4.78, 5) is 12.0. The van der Waals surface area contributed by atoms with E-state index < -0.39 is 0 Å².